The maximum absolute atomic E-state index is 11.0. The zero-order chi connectivity index (χ0) is 13.0. The molecule has 18 heavy (non-hydrogen) atoms. The van der Waals surface area contributed by atoms with Gasteiger partial charge in [-0.15, -0.1) is 11.3 Å². The second-order valence-electron chi connectivity index (χ2n) is 4.47. The first-order chi connectivity index (χ1) is 8.70. The van der Waals surface area contributed by atoms with Gasteiger partial charge in [-0.3, -0.25) is 4.90 Å². The highest BCUT2D eigenvalue weighted by Crippen LogP contribution is 2.24. The quantitative estimate of drug-likeness (QED) is 0.858. The van der Waals surface area contributed by atoms with Crippen LogP contribution in [-0.2, 0) is 22.5 Å². The van der Waals surface area contributed by atoms with Crippen LogP contribution in [0.2, 0.25) is 0 Å². The summed E-state index contributed by atoms with van der Waals surface area (Å²) in [6.07, 6.45) is 0.973. The predicted molar refractivity (Wildman–Crippen MR) is 71.0 cm³/mol. The number of carbonyl (C=O) groups is 1. The highest BCUT2D eigenvalue weighted by molar-refractivity contribution is 7.10. The lowest BCUT2D eigenvalue weighted by Gasteiger charge is -2.27. The molecule has 0 fully saturated rings. The fourth-order valence-electron chi connectivity index (χ4n) is 2.28. The third-order valence-electron chi connectivity index (χ3n) is 3.24. The maximum atomic E-state index is 11.0. The molecule has 1 aromatic rings. The minimum atomic E-state index is -0.856. The Morgan fingerprint density at radius 2 is 2.50 bits per heavy atom. The van der Waals surface area contributed by atoms with E-state index in [2.05, 4.69) is 16.3 Å². The van der Waals surface area contributed by atoms with Crippen molar-refractivity contribution in [2.24, 2.45) is 0 Å². The lowest BCUT2D eigenvalue weighted by molar-refractivity contribution is -0.150. The molecule has 0 saturated heterocycles. The number of rotatable bonds is 6. The molecule has 2 heterocycles. The van der Waals surface area contributed by atoms with Crippen LogP contribution in [0, 0.1) is 0 Å². The van der Waals surface area contributed by atoms with Crippen molar-refractivity contribution in [3.8, 4) is 0 Å². The number of hydrogen-bond donors (Lipinski definition) is 1. The van der Waals surface area contributed by atoms with E-state index in [0.717, 1.165) is 26.1 Å². The summed E-state index contributed by atoms with van der Waals surface area (Å²) >= 11 is 1.82. The van der Waals surface area contributed by atoms with Gasteiger partial charge in [0.1, 0.15) is 0 Å². The van der Waals surface area contributed by atoms with Crippen LogP contribution in [0.1, 0.15) is 23.8 Å². The molecule has 0 amide bonds. The van der Waals surface area contributed by atoms with Gasteiger partial charge < -0.3 is 9.84 Å². The Labute approximate surface area is 111 Å². The summed E-state index contributed by atoms with van der Waals surface area (Å²) in [6, 6.07) is 2.17. The van der Waals surface area contributed by atoms with Gasteiger partial charge in [0, 0.05) is 31.1 Å². The molecule has 1 aromatic heterocycles. The van der Waals surface area contributed by atoms with Crippen LogP contribution in [0.4, 0.5) is 0 Å². The fraction of sp³-hybridized carbons (Fsp3) is 0.615. The molecular formula is C13H19NO3S. The van der Waals surface area contributed by atoms with E-state index in [0.29, 0.717) is 13.0 Å². The summed E-state index contributed by atoms with van der Waals surface area (Å²) < 4.78 is 5.22. The molecule has 100 valence electrons. The van der Waals surface area contributed by atoms with E-state index in [1.807, 2.05) is 18.3 Å². The van der Waals surface area contributed by atoms with Crippen molar-refractivity contribution >= 4 is 17.3 Å². The Kier molecular flexibility index (Phi) is 4.74. The molecule has 0 aliphatic carbocycles. The van der Waals surface area contributed by atoms with E-state index >= 15 is 0 Å². The third-order valence-corrected chi connectivity index (χ3v) is 4.26. The minimum absolute atomic E-state index is 0.450. The first-order valence-corrected chi connectivity index (χ1v) is 7.20. The summed E-state index contributed by atoms with van der Waals surface area (Å²) in [4.78, 5) is 14.8. The summed E-state index contributed by atoms with van der Waals surface area (Å²) in [5.41, 5.74) is 1.40. The van der Waals surface area contributed by atoms with Gasteiger partial charge >= 0.3 is 5.97 Å². The number of aliphatic carboxylic acids is 1. The van der Waals surface area contributed by atoms with Gasteiger partial charge in [0.2, 0.25) is 0 Å². The van der Waals surface area contributed by atoms with Gasteiger partial charge in [-0.1, -0.05) is 0 Å². The van der Waals surface area contributed by atoms with Crippen LogP contribution in [0.25, 0.3) is 0 Å². The molecule has 0 saturated carbocycles. The topological polar surface area (TPSA) is 49.8 Å². The Morgan fingerprint density at radius 1 is 1.67 bits per heavy atom. The van der Waals surface area contributed by atoms with Gasteiger partial charge in [0.15, 0.2) is 6.10 Å². The number of carboxylic acids is 1. The van der Waals surface area contributed by atoms with E-state index in [-0.39, 0.29) is 0 Å². The van der Waals surface area contributed by atoms with Crippen molar-refractivity contribution in [2.75, 3.05) is 19.7 Å². The van der Waals surface area contributed by atoms with Gasteiger partial charge in [-0.05, 0) is 36.8 Å². The van der Waals surface area contributed by atoms with Crippen LogP contribution in [0.5, 0.6) is 0 Å². The molecule has 1 aliphatic heterocycles. The predicted octanol–water partition coefficient (Wildman–Crippen LogP) is 1.99. The van der Waals surface area contributed by atoms with Crippen molar-refractivity contribution < 1.29 is 14.6 Å². The summed E-state index contributed by atoms with van der Waals surface area (Å²) in [5, 5.41) is 11.2. The van der Waals surface area contributed by atoms with Crippen LogP contribution < -0.4 is 0 Å². The molecule has 4 nitrogen and oxygen atoms in total. The van der Waals surface area contributed by atoms with Crippen molar-refractivity contribution in [3.63, 3.8) is 0 Å². The standard InChI is InChI=1S/C13H19NO3S/c1-2-17-11(13(15)16)3-6-14-7-4-12-10(9-14)5-8-18-12/h5,8,11H,2-4,6-7,9H2,1H3,(H,15,16). The minimum Gasteiger partial charge on any atom is -0.479 e. The molecule has 1 unspecified atom stereocenters. The molecule has 2 rings (SSSR count). The number of ether oxygens (including phenoxy) is 1. The molecule has 0 radical (unpaired) electrons. The number of hydrogen-bond acceptors (Lipinski definition) is 4. The fourth-order valence-corrected chi connectivity index (χ4v) is 3.17. The second kappa shape index (κ2) is 6.31. The molecule has 1 N–H and O–H groups in total. The van der Waals surface area contributed by atoms with E-state index in [1.54, 1.807) is 0 Å². The molecule has 1 aliphatic rings. The van der Waals surface area contributed by atoms with Crippen LogP contribution in [0.3, 0.4) is 0 Å². The van der Waals surface area contributed by atoms with Crippen molar-refractivity contribution in [3.05, 3.63) is 21.9 Å². The SMILES string of the molecule is CCOC(CCN1CCc2sccc2C1)C(=O)O. The normalized spacial score (nSPS) is 17.4. The smallest absolute Gasteiger partial charge is 0.332 e. The Bertz CT molecular complexity index is 405. The first kappa shape index (κ1) is 13.5. The highest BCUT2D eigenvalue weighted by Gasteiger charge is 2.21. The number of nitrogens with zero attached hydrogens (tertiary/aromatic N) is 1. The van der Waals surface area contributed by atoms with Gasteiger partial charge in [-0.2, -0.15) is 0 Å². The van der Waals surface area contributed by atoms with Gasteiger partial charge in [0.25, 0.3) is 0 Å². The lowest BCUT2D eigenvalue weighted by Crippen LogP contribution is -2.34. The van der Waals surface area contributed by atoms with Gasteiger partial charge in [0.05, 0.1) is 0 Å². The monoisotopic (exact) mass is 269 g/mol. The Hall–Kier alpha value is -0.910. The van der Waals surface area contributed by atoms with Crippen LogP contribution in [0.15, 0.2) is 11.4 Å². The summed E-state index contributed by atoms with van der Waals surface area (Å²) in [5.74, 6) is -0.856. The lowest BCUT2D eigenvalue weighted by atomic mass is 10.1. The molecule has 0 aromatic carbocycles. The maximum Gasteiger partial charge on any atom is 0.332 e. The number of fused-ring (bicyclic) bond motifs is 1. The molecule has 1 atom stereocenters. The molecule has 0 spiro atoms. The first-order valence-electron chi connectivity index (χ1n) is 6.32. The average molecular weight is 269 g/mol. The zero-order valence-corrected chi connectivity index (χ0v) is 11.4. The van der Waals surface area contributed by atoms with Crippen LogP contribution in [-0.4, -0.2) is 41.8 Å². The largest absolute Gasteiger partial charge is 0.479 e. The molecular weight excluding hydrogens is 250 g/mol. The second-order valence-corrected chi connectivity index (χ2v) is 5.47. The Balaban J connectivity index is 1.82. The van der Waals surface area contributed by atoms with Crippen molar-refractivity contribution in [1.29, 1.82) is 0 Å². The highest BCUT2D eigenvalue weighted by atomic mass is 32.1. The van der Waals surface area contributed by atoms with E-state index in [9.17, 15) is 4.79 Å². The van der Waals surface area contributed by atoms with Crippen molar-refractivity contribution in [2.45, 2.75) is 32.4 Å². The van der Waals surface area contributed by atoms with Gasteiger partial charge in [-0.25, -0.2) is 4.79 Å². The van der Waals surface area contributed by atoms with E-state index in [4.69, 9.17) is 9.84 Å². The number of thiophene rings is 1. The van der Waals surface area contributed by atoms with Crippen LogP contribution >= 0.6 is 11.3 Å². The van der Waals surface area contributed by atoms with E-state index in [1.165, 1.54) is 10.4 Å². The molecule has 0 bridgehead atoms. The average Bonchev–Trinajstić information content (AvgIpc) is 2.81. The Morgan fingerprint density at radius 3 is 3.22 bits per heavy atom. The number of carboxylic acid groups (broad SMARTS) is 1. The third kappa shape index (κ3) is 3.31. The summed E-state index contributed by atoms with van der Waals surface area (Å²) in [6.45, 7) is 5.02. The van der Waals surface area contributed by atoms with E-state index < -0.39 is 12.1 Å². The summed E-state index contributed by atoms with van der Waals surface area (Å²) in [7, 11) is 0. The van der Waals surface area contributed by atoms with Crippen molar-refractivity contribution in [1.82, 2.24) is 4.90 Å². The molecule has 5 heteroatoms. The zero-order valence-electron chi connectivity index (χ0n) is 10.6.